The van der Waals surface area contributed by atoms with Gasteiger partial charge in [0.15, 0.2) is 11.5 Å². The lowest BCUT2D eigenvalue weighted by atomic mass is 9.85. The number of imide groups is 1. The zero-order valence-electron chi connectivity index (χ0n) is 17.2. The van der Waals surface area contributed by atoms with E-state index in [4.69, 9.17) is 32.7 Å². The highest BCUT2D eigenvalue weighted by molar-refractivity contribution is 6.35. The normalized spacial score (nSPS) is 25.8. The van der Waals surface area contributed by atoms with E-state index in [1.54, 1.807) is 36.4 Å². The van der Waals surface area contributed by atoms with Crippen LogP contribution in [0.2, 0.25) is 10.0 Å². The zero-order valence-corrected chi connectivity index (χ0v) is 18.7. The summed E-state index contributed by atoms with van der Waals surface area (Å²) in [6.07, 6.45) is 6.51. The molecule has 0 N–H and O–H groups in total. The topological polar surface area (TPSA) is 68.2 Å². The molecule has 0 radical (unpaired) electrons. The van der Waals surface area contributed by atoms with E-state index in [9.17, 15) is 9.59 Å². The molecule has 1 aliphatic heterocycles. The van der Waals surface area contributed by atoms with Gasteiger partial charge in [-0.25, -0.2) is 0 Å². The highest BCUT2D eigenvalue weighted by Crippen LogP contribution is 2.52. The van der Waals surface area contributed by atoms with Crippen LogP contribution in [0.15, 0.2) is 53.7 Å². The molecule has 5 rings (SSSR count). The first kappa shape index (κ1) is 21.0. The maximum atomic E-state index is 12.7. The molecule has 2 aromatic carbocycles. The Morgan fingerprint density at radius 2 is 1.75 bits per heavy atom. The molecule has 2 bridgehead atoms. The molecule has 2 aromatic rings. The highest BCUT2D eigenvalue weighted by Gasteiger charge is 2.59. The number of allylic oxidation sites excluding steroid dienone is 2. The second-order valence-corrected chi connectivity index (χ2v) is 9.01. The molecule has 1 heterocycles. The van der Waals surface area contributed by atoms with Crippen molar-refractivity contribution in [2.75, 3.05) is 7.11 Å². The molecule has 2 aliphatic carbocycles. The second kappa shape index (κ2) is 8.26. The minimum Gasteiger partial charge on any atom is -0.493 e. The molecule has 8 heteroatoms. The molecule has 2 fully saturated rings. The number of methoxy groups -OCH3 is 1. The Hall–Kier alpha value is -2.83. The lowest BCUT2D eigenvalue weighted by Gasteiger charge is -2.13. The number of hydrogen-bond acceptors (Lipinski definition) is 5. The van der Waals surface area contributed by atoms with E-state index in [2.05, 4.69) is 17.3 Å². The van der Waals surface area contributed by atoms with E-state index < -0.39 is 0 Å². The number of hydrogen-bond donors (Lipinski definition) is 0. The van der Waals surface area contributed by atoms with E-state index in [0.29, 0.717) is 27.1 Å². The van der Waals surface area contributed by atoms with Gasteiger partial charge in [0.05, 0.1) is 25.2 Å². The number of carbonyl (C=O) groups excluding carboxylic acids is 2. The second-order valence-electron chi connectivity index (χ2n) is 8.17. The van der Waals surface area contributed by atoms with Gasteiger partial charge in [0.25, 0.3) is 11.8 Å². The van der Waals surface area contributed by atoms with Crippen LogP contribution in [0.4, 0.5) is 0 Å². The molecular formula is C24H20Cl2N2O4. The van der Waals surface area contributed by atoms with E-state index in [0.717, 1.165) is 17.0 Å². The molecule has 1 saturated carbocycles. The van der Waals surface area contributed by atoms with Crippen molar-refractivity contribution in [1.82, 2.24) is 5.01 Å². The van der Waals surface area contributed by atoms with Gasteiger partial charge in [0.1, 0.15) is 6.61 Å². The SMILES string of the molecule is COc1cc(/C=N\N2C(=O)[C@H]3[C@H](C2=O)[C@H]2C=C[C@H]3C2)ccc1OCc1ccc(Cl)cc1Cl. The Morgan fingerprint density at radius 3 is 2.41 bits per heavy atom. The van der Waals surface area contributed by atoms with Crippen LogP contribution < -0.4 is 9.47 Å². The average molecular weight is 471 g/mol. The number of carbonyl (C=O) groups is 2. The summed E-state index contributed by atoms with van der Waals surface area (Å²) in [6, 6.07) is 10.5. The zero-order chi connectivity index (χ0) is 22.4. The van der Waals surface area contributed by atoms with E-state index in [1.165, 1.54) is 13.3 Å². The smallest absolute Gasteiger partial charge is 0.254 e. The molecule has 164 valence electrons. The molecule has 3 aliphatic rings. The maximum Gasteiger partial charge on any atom is 0.254 e. The van der Waals surface area contributed by atoms with Gasteiger partial charge in [0.2, 0.25) is 0 Å². The van der Waals surface area contributed by atoms with Gasteiger partial charge in [0, 0.05) is 15.6 Å². The van der Waals surface area contributed by atoms with Gasteiger partial charge in [-0.15, -0.1) is 0 Å². The molecule has 32 heavy (non-hydrogen) atoms. The molecule has 0 unspecified atom stereocenters. The molecule has 4 atom stereocenters. The third-order valence-corrected chi connectivity index (χ3v) is 6.94. The van der Waals surface area contributed by atoms with Crippen molar-refractivity contribution < 1.29 is 19.1 Å². The predicted molar refractivity (Wildman–Crippen MR) is 121 cm³/mol. The molecule has 2 amide bonds. The Morgan fingerprint density at radius 1 is 1.03 bits per heavy atom. The van der Waals surface area contributed by atoms with E-state index in [1.807, 2.05) is 0 Å². The van der Waals surface area contributed by atoms with Gasteiger partial charge >= 0.3 is 0 Å². The Kier molecular flexibility index (Phi) is 5.43. The molecule has 0 aromatic heterocycles. The van der Waals surface area contributed by atoms with Crippen LogP contribution >= 0.6 is 23.2 Å². The van der Waals surface area contributed by atoms with Crippen LogP contribution in [0, 0.1) is 23.7 Å². The largest absolute Gasteiger partial charge is 0.493 e. The fraction of sp³-hybridized carbons (Fsp3) is 0.292. The summed E-state index contributed by atoms with van der Waals surface area (Å²) < 4.78 is 11.3. The third-order valence-electron chi connectivity index (χ3n) is 6.36. The van der Waals surface area contributed by atoms with Crippen molar-refractivity contribution in [1.29, 1.82) is 0 Å². The predicted octanol–water partition coefficient (Wildman–Crippen LogP) is 4.72. The lowest BCUT2D eigenvalue weighted by Crippen LogP contribution is -2.28. The van der Waals surface area contributed by atoms with E-state index >= 15 is 0 Å². The van der Waals surface area contributed by atoms with Gasteiger partial charge in [-0.1, -0.05) is 41.4 Å². The summed E-state index contributed by atoms with van der Waals surface area (Å²) in [5, 5.41) is 6.32. The van der Waals surface area contributed by atoms with Crippen molar-refractivity contribution in [3.8, 4) is 11.5 Å². The van der Waals surface area contributed by atoms with Crippen LogP contribution in [0.3, 0.4) is 0 Å². The summed E-state index contributed by atoms with van der Waals surface area (Å²) in [5.41, 5.74) is 1.47. The highest BCUT2D eigenvalue weighted by atomic mass is 35.5. The quantitative estimate of drug-likeness (QED) is 0.347. The molecular weight excluding hydrogens is 451 g/mol. The Labute approximate surface area is 195 Å². The van der Waals surface area contributed by atoms with Crippen molar-refractivity contribution in [2.45, 2.75) is 13.0 Å². The van der Waals surface area contributed by atoms with Gasteiger partial charge < -0.3 is 9.47 Å². The molecule has 6 nitrogen and oxygen atoms in total. The van der Waals surface area contributed by atoms with Crippen molar-refractivity contribution in [2.24, 2.45) is 28.8 Å². The standard InChI is InChI=1S/C24H20Cl2N2O4/c1-31-20-8-13(2-7-19(20)32-12-16-5-6-17(25)10-18(16)26)11-27-28-23(29)21-14-3-4-15(9-14)22(21)24(28)30/h2-8,10-11,14-15,21-22H,9,12H2,1H3/b27-11-/t14-,15-,21+,22+/m0/s1. The first-order valence-corrected chi connectivity index (χ1v) is 11.1. The van der Waals surface area contributed by atoms with Gasteiger partial charge in [-0.05, 0) is 54.2 Å². The number of fused-ring (bicyclic) bond motifs is 5. The fourth-order valence-corrected chi connectivity index (χ4v) is 5.27. The van der Waals surface area contributed by atoms with Gasteiger partial charge in [-0.3, -0.25) is 9.59 Å². The summed E-state index contributed by atoms with van der Waals surface area (Å²) in [4.78, 5) is 25.5. The first-order chi connectivity index (χ1) is 15.5. The van der Waals surface area contributed by atoms with Crippen LogP contribution in [-0.2, 0) is 16.2 Å². The van der Waals surface area contributed by atoms with Crippen LogP contribution in [-0.4, -0.2) is 30.1 Å². The third kappa shape index (κ3) is 3.57. The summed E-state index contributed by atoms with van der Waals surface area (Å²) in [6.45, 7) is 0.246. The van der Waals surface area contributed by atoms with Crippen LogP contribution in [0.25, 0.3) is 0 Å². The number of ether oxygens (including phenoxy) is 2. The minimum atomic E-state index is -0.264. The molecule has 0 spiro atoms. The summed E-state index contributed by atoms with van der Waals surface area (Å²) in [7, 11) is 1.54. The van der Waals surface area contributed by atoms with Gasteiger partial charge in [-0.2, -0.15) is 10.1 Å². The van der Waals surface area contributed by atoms with Crippen LogP contribution in [0.5, 0.6) is 11.5 Å². The van der Waals surface area contributed by atoms with E-state index in [-0.39, 0.29) is 42.1 Å². The Balaban J connectivity index is 1.29. The summed E-state index contributed by atoms with van der Waals surface area (Å²) >= 11 is 12.1. The molecule has 1 saturated heterocycles. The maximum absolute atomic E-state index is 12.7. The number of halogens is 2. The fourth-order valence-electron chi connectivity index (χ4n) is 4.80. The number of nitrogens with zero attached hydrogens (tertiary/aromatic N) is 2. The number of hydrazone groups is 1. The monoisotopic (exact) mass is 470 g/mol. The summed E-state index contributed by atoms with van der Waals surface area (Å²) in [5.74, 6) is 0.400. The number of rotatable bonds is 6. The number of amides is 2. The van der Waals surface area contributed by atoms with Crippen molar-refractivity contribution in [3.63, 3.8) is 0 Å². The minimum absolute atomic E-state index is 0.160. The van der Waals surface area contributed by atoms with Crippen LogP contribution in [0.1, 0.15) is 17.5 Å². The first-order valence-electron chi connectivity index (χ1n) is 10.3. The Bertz CT molecular complexity index is 1130. The van der Waals surface area contributed by atoms with Crippen molar-refractivity contribution >= 4 is 41.2 Å². The van der Waals surface area contributed by atoms with Crippen molar-refractivity contribution in [3.05, 3.63) is 69.7 Å². The lowest BCUT2D eigenvalue weighted by molar-refractivity contribution is -0.140. The number of benzene rings is 2. The average Bonchev–Trinajstić information content (AvgIpc) is 3.46.